The first-order valence-corrected chi connectivity index (χ1v) is 7.78. The fourth-order valence-electron chi connectivity index (χ4n) is 2.00. The average Bonchev–Trinajstić information content (AvgIpc) is 2.78. The minimum atomic E-state index is -1.02. The minimum Gasteiger partial charge on any atom is -0.480 e. The molecule has 1 saturated heterocycles. The van der Waals surface area contributed by atoms with E-state index in [-0.39, 0.29) is 12.6 Å². The quantitative estimate of drug-likeness (QED) is 0.652. The molecule has 0 aromatic heterocycles. The van der Waals surface area contributed by atoms with Gasteiger partial charge in [-0.15, -0.1) is 0 Å². The Morgan fingerprint density at radius 2 is 2.21 bits per heavy atom. The van der Waals surface area contributed by atoms with Gasteiger partial charge in [-0.1, -0.05) is 0 Å². The smallest absolute Gasteiger partial charge is 0.326 e. The van der Waals surface area contributed by atoms with Crippen molar-refractivity contribution < 1.29 is 23.6 Å². The number of carboxylic acids is 1. The molecular weight excluding hydrogens is 272 g/mol. The third kappa shape index (κ3) is 4.79. The number of aliphatic carboxylic acids is 1. The highest BCUT2D eigenvalue weighted by atomic mass is 32.2. The number of methoxy groups -OCH3 is 1. The van der Waals surface area contributed by atoms with Gasteiger partial charge in [-0.25, -0.2) is 9.59 Å². The van der Waals surface area contributed by atoms with E-state index in [1.54, 1.807) is 6.26 Å². The van der Waals surface area contributed by atoms with Gasteiger partial charge < -0.3 is 20.1 Å². The zero-order valence-electron chi connectivity index (χ0n) is 11.1. The molecule has 0 aromatic rings. The Kier molecular flexibility index (Phi) is 6.23. The molecule has 0 aliphatic carbocycles. The normalized spacial score (nSPS) is 24.2. The summed E-state index contributed by atoms with van der Waals surface area (Å²) in [6.07, 6.45) is 2.27. The van der Waals surface area contributed by atoms with Gasteiger partial charge in [0.25, 0.3) is 0 Å². The van der Waals surface area contributed by atoms with E-state index >= 15 is 0 Å². The number of nitrogens with one attached hydrogen (secondary N) is 1. The van der Waals surface area contributed by atoms with Gasteiger partial charge in [-0.05, 0) is 6.42 Å². The first-order valence-electron chi connectivity index (χ1n) is 6.05. The lowest BCUT2D eigenvalue weighted by atomic mass is 10.2. The summed E-state index contributed by atoms with van der Waals surface area (Å²) < 4.78 is 16.0. The summed E-state index contributed by atoms with van der Waals surface area (Å²) in [5, 5.41) is 11.7. The lowest BCUT2D eigenvalue weighted by Crippen LogP contribution is -2.46. The number of hydrogen-bond donors (Lipinski definition) is 2. The topological polar surface area (TPSA) is 95.9 Å². The maximum atomic E-state index is 11.9. The van der Waals surface area contributed by atoms with E-state index in [1.165, 1.54) is 12.0 Å². The van der Waals surface area contributed by atoms with Crippen LogP contribution in [0.25, 0.3) is 0 Å². The van der Waals surface area contributed by atoms with E-state index in [0.29, 0.717) is 25.1 Å². The van der Waals surface area contributed by atoms with E-state index in [9.17, 15) is 13.8 Å². The Bertz CT molecular complexity index is 363. The van der Waals surface area contributed by atoms with Crippen LogP contribution in [0.2, 0.25) is 0 Å². The molecule has 1 heterocycles. The molecule has 1 rings (SSSR count). The number of hydrogen-bond acceptors (Lipinski definition) is 4. The number of rotatable bonds is 6. The number of nitrogens with zero attached hydrogens (tertiary/aromatic N) is 1. The SMILES string of the molecule is COC1CC(C(=O)O)N(C(=O)NCCCS(C)=O)C1. The highest BCUT2D eigenvalue weighted by Crippen LogP contribution is 2.20. The van der Waals surface area contributed by atoms with Gasteiger partial charge in [-0.3, -0.25) is 4.21 Å². The summed E-state index contributed by atoms with van der Waals surface area (Å²) >= 11 is 0. The van der Waals surface area contributed by atoms with E-state index in [4.69, 9.17) is 9.84 Å². The predicted molar refractivity (Wildman–Crippen MR) is 70.5 cm³/mol. The maximum Gasteiger partial charge on any atom is 0.326 e. The molecule has 0 saturated carbocycles. The second-order valence-corrected chi connectivity index (χ2v) is 6.02. The highest BCUT2D eigenvalue weighted by molar-refractivity contribution is 7.84. The first kappa shape index (κ1) is 15.9. The van der Waals surface area contributed by atoms with E-state index in [0.717, 1.165) is 0 Å². The van der Waals surface area contributed by atoms with Crippen LogP contribution >= 0.6 is 0 Å². The largest absolute Gasteiger partial charge is 0.480 e. The Balaban J connectivity index is 2.45. The second kappa shape index (κ2) is 7.44. The number of urea groups is 1. The Morgan fingerprint density at radius 3 is 2.74 bits per heavy atom. The lowest BCUT2D eigenvalue weighted by Gasteiger charge is -2.21. The summed E-state index contributed by atoms with van der Waals surface area (Å²) in [4.78, 5) is 24.2. The number of likely N-dealkylation sites (tertiary alicyclic amines) is 1. The van der Waals surface area contributed by atoms with Crippen molar-refractivity contribution in [2.75, 3.05) is 32.2 Å². The van der Waals surface area contributed by atoms with Crippen LogP contribution in [0.5, 0.6) is 0 Å². The van der Waals surface area contributed by atoms with Crippen LogP contribution < -0.4 is 5.32 Å². The van der Waals surface area contributed by atoms with Gasteiger partial charge in [0.05, 0.1) is 6.10 Å². The van der Waals surface area contributed by atoms with Crippen molar-refractivity contribution in [1.82, 2.24) is 10.2 Å². The lowest BCUT2D eigenvalue weighted by molar-refractivity contribution is -0.141. The van der Waals surface area contributed by atoms with Crippen molar-refractivity contribution in [3.05, 3.63) is 0 Å². The van der Waals surface area contributed by atoms with Crippen molar-refractivity contribution in [2.24, 2.45) is 0 Å². The predicted octanol–water partition coefficient (Wildman–Crippen LogP) is -0.361. The third-order valence-electron chi connectivity index (χ3n) is 3.03. The molecule has 1 aliphatic rings. The van der Waals surface area contributed by atoms with Gasteiger partial charge >= 0.3 is 12.0 Å². The molecule has 2 N–H and O–H groups in total. The molecule has 0 spiro atoms. The zero-order chi connectivity index (χ0) is 14.4. The number of carboxylic acid groups (broad SMARTS) is 1. The Labute approximate surface area is 114 Å². The molecule has 0 aromatic carbocycles. The van der Waals surface area contributed by atoms with Gasteiger partial charge in [0, 0.05) is 49.4 Å². The number of carbonyl (C=O) groups excluding carboxylic acids is 1. The second-order valence-electron chi connectivity index (χ2n) is 4.46. The fraction of sp³-hybridized carbons (Fsp3) is 0.818. The summed E-state index contributed by atoms with van der Waals surface area (Å²) in [5.41, 5.74) is 0. The zero-order valence-corrected chi connectivity index (χ0v) is 11.9. The van der Waals surface area contributed by atoms with E-state index < -0.39 is 28.8 Å². The van der Waals surface area contributed by atoms with Gasteiger partial charge in [0.15, 0.2) is 0 Å². The number of carbonyl (C=O) groups is 2. The average molecular weight is 292 g/mol. The molecule has 8 heteroatoms. The van der Waals surface area contributed by atoms with Crippen LogP contribution in [0.1, 0.15) is 12.8 Å². The monoisotopic (exact) mass is 292 g/mol. The summed E-state index contributed by atoms with van der Waals surface area (Å²) in [5.74, 6) is -0.507. The van der Waals surface area contributed by atoms with Crippen molar-refractivity contribution in [3.63, 3.8) is 0 Å². The molecule has 7 nitrogen and oxygen atoms in total. The Morgan fingerprint density at radius 1 is 1.53 bits per heavy atom. The molecule has 2 amide bonds. The molecule has 1 fully saturated rings. The van der Waals surface area contributed by atoms with Crippen LogP contribution in [0, 0.1) is 0 Å². The minimum absolute atomic E-state index is 0.241. The van der Waals surface area contributed by atoms with Crippen molar-refractivity contribution >= 4 is 22.8 Å². The fourth-order valence-corrected chi connectivity index (χ4v) is 2.55. The van der Waals surface area contributed by atoms with Crippen LogP contribution in [0.15, 0.2) is 0 Å². The standard InChI is InChI=1S/C11H20N2O5S/c1-18-8-6-9(10(14)15)13(7-8)11(16)12-4-3-5-19(2)17/h8-9H,3-7H2,1-2H3,(H,12,16)(H,14,15). The van der Waals surface area contributed by atoms with E-state index in [2.05, 4.69) is 5.32 Å². The Hall–Kier alpha value is -1.15. The summed E-state index contributed by atoms with van der Waals surface area (Å²) in [6.45, 7) is 0.665. The molecule has 110 valence electrons. The number of amides is 2. The molecule has 3 atom stereocenters. The summed E-state index contributed by atoms with van der Waals surface area (Å²) in [6, 6.07) is -1.25. The van der Waals surface area contributed by atoms with Crippen LogP contribution in [-0.2, 0) is 20.3 Å². The molecule has 0 radical (unpaired) electrons. The van der Waals surface area contributed by atoms with Gasteiger partial charge in [-0.2, -0.15) is 0 Å². The van der Waals surface area contributed by atoms with Crippen molar-refractivity contribution in [2.45, 2.75) is 25.0 Å². The molecule has 1 aliphatic heterocycles. The molecule has 3 unspecified atom stereocenters. The van der Waals surface area contributed by atoms with Crippen molar-refractivity contribution in [3.8, 4) is 0 Å². The molecule has 19 heavy (non-hydrogen) atoms. The van der Waals surface area contributed by atoms with Crippen molar-refractivity contribution in [1.29, 1.82) is 0 Å². The summed E-state index contributed by atoms with van der Waals surface area (Å²) in [7, 11) is 0.619. The molecular formula is C11H20N2O5S. The number of ether oxygens (including phenoxy) is 1. The highest BCUT2D eigenvalue weighted by Gasteiger charge is 2.39. The molecule has 0 bridgehead atoms. The van der Waals surface area contributed by atoms with Crippen LogP contribution in [0.3, 0.4) is 0 Å². The van der Waals surface area contributed by atoms with Gasteiger partial charge in [0.2, 0.25) is 0 Å². The first-order chi connectivity index (χ1) is 8.95. The maximum absolute atomic E-state index is 11.9. The van der Waals surface area contributed by atoms with E-state index in [1.807, 2.05) is 0 Å². The van der Waals surface area contributed by atoms with Crippen LogP contribution in [-0.4, -0.2) is 70.6 Å². The van der Waals surface area contributed by atoms with Gasteiger partial charge in [0.1, 0.15) is 6.04 Å². The third-order valence-corrected chi connectivity index (χ3v) is 3.89. The van der Waals surface area contributed by atoms with Crippen LogP contribution in [0.4, 0.5) is 4.79 Å².